The first-order valence-corrected chi connectivity index (χ1v) is 11.0. The molecule has 33 heavy (non-hydrogen) atoms. The Balaban J connectivity index is 1.42. The van der Waals surface area contributed by atoms with Crippen LogP contribution < -0.4 is 0 Å². The van der Waals surface area contributed by atoms with Crippen LogP contribution in [0.5, 0.6) is 0 Å². The molecule has 1 aliphatic rings. The lowest BCUT2D eigenvalue weighted by atomic mass is 9.95. The molecule has 1 aliphatic heterocycles. The van der Waals surface area contributed by atoms with E-state index in [1.165, 1.54) is 0 Å². The zero-order valence-electron chi connectivity index (χ0n) is 17.9. The summed E-state index contributed by atoms with van der Waals surface area (Å²) in [5.41, 5.74) is 4.76. The molecule has 0 radical (unpaired) electrons. The fourth-order valence-corrected chi connectivity index (χ4v) is 4.45. The molecule has 0 bridgehead atoms. The molecule has 2 nitrogen and oxygen atoms in total. The van der Waals surface area contributed by atoms with Gasteiger partial charge in [-0.05, 0) is 56.5 Å². The Morgan fingerprint density at radius 1 is 0.576 bits per heavy atom. The smallest absolute Gasteiger partial charge is 0.343 e. The highest BCUT2D eigenvalue weighted by atomic mass is 16.5. The van der Waals surface area contributed by atoms with Gasteiger partial charge < -0.3 is 4.74 Å². The SMILES string of the molecule is O=C1OC(c2ccc(-c3ccccc3)cc2)=C/C1=C/c1c2ccccc2cc2ccccc12. The third-order valence-electron chi connectivity index (χ3n) is 6.11. The van der Waals surface area contributed by atoms with Gasteiger partial charge in [-0.1, -0.05) is 103 Å². The molecule has 0 unspecified atom stereocenters. The summed E-state index contributed by atoms with van der Waals surface area (Å²) < 4.78 is 5.66. The Kier molecular flexibility index (Phi) is 4.63. The van der Waals surface area contributed by atoms with Gasteiger partial charge in [-0.2, -0.15) is 0 Å². The van der Waals surface area contributed by atoms with Crippen LogP contribution >= 0.6 is 0 Å². The van der Waals surface area contributed by atoms with E-state index in [4.69, 9.17) is 4.74 Å². The van der Waals surface area contributed by atoms with Crippen LogP contribution in [0.2, 0.25) is 0 Å². The summed E-state index contributed by atoms with van der Waals surface area (Å²) in [6, 6.07) is 37.1. The van der Waals surface area contributed by atoms with E-state index in [0.29, 0.717) is 11.3 Å². The van der Waals surface area contributed by atoms with E-state index in [2.05, 4.69) is 54.6 Å². The summed E-state index contributed by atoms with van der Waals surface area (Å²) in [6.45, 7) is 0. The average Bonchev–Trinajstić information content (AvgIpc) is 3.24. The predicted molar refractivity (Wildman–Crippen MR) is 135 cm³/mol. The number of hydrogen-bond acceptors (Lipinski definition) is 2. The van der Waals surface area contributed by atoms with E-state index in [1.54, 1.807) is 0 Å². The van der Waals surface area contributed by atoms with Gasteiger partial charge in [0.25, 0.3) is 0 Å². The van der Waals surface area contributed by atoms with Crippen molar-refractivity contribution in [2.75, 3.05) is 0 Å². The molecule has 0 aromatic heterocycles. The summed E-state index contributed by atoms with van der Waals surface area (Å²) in [4.78, 5) is 12.8. The van der Waals surface area contributed by atoms with Crippen molar-refractivity contribution >= 4 is 39.3 Å². The molecule has 0 aliphatic carbocycles. The number of rotatable bonds is 3. The number of hydrogen-bond donors (Lipinski definition) is 0. The van der Waals surface area contributed by atoms with E-state index in [1.807, 2.05) is 66.7 Å². The predicted octanol–water partition coefficient (Wildman–Crippen LogP) is 7.64. The molecular formula is C31H20O2. The summed E-state index contributed by atoms with van der Waals surface area (Å²) in [6.07, 6.45) is 3.80. The quantitative estimate of drug-likeness (QED) is 0.169. The maximum Gasteiger partial charge on any atom is 0.343 e. The van der Waals surface area contributed by atoms with Crippen molar-refractivity contribution in [2.24, 2.45) is 0 Å². The first kappa shape index (κ1) is 19.3. The van der Waals surface area contributed by atoms with Crippen molar-refractivity contribution < 1.29 is 9.53 Å². The van der Waals surface area contributed by atoms with E-state index in [-0.39, 0.29) is 5.97 Å². The first-order chi connectivity index (χ1) is 16.3. The van der Waals surface area contributed by atoms with Gasteiger partial charge in [0.1, 0.15) is 5.76 Å². The van der Waals surface area contributed by atoms with Gasteiger partial charge in [0, 0.05) is 5.56 Å². The molecule has 5 aromatic rings. The molecule has 6 rings (SSSR count). The lowest BCUT2D eigenvalue weighted by molar-refractivity contribution is -0.130. The van der Waals surface area contributed by atoms with E-state index < -0.39 is 0 Å². The van der Waals surface area contributed by atoms with Crippen molar-refractivity contribution in [3.63, 3.8) is 0 Å². The van der Waals surface area contributed by atoms with Gasteiger partial charge in [0.15, 0.2) is 0 Å². The van der Waals surface area contributed by atoms with Gasteiger partial charge in [-0.25, -0.2) is 4.79 Å². The minimum atomic E-state index is -0.325. The molecule has 5 aromatic carbocycles. The second-order valence-corrected chi connectivity index (χ2v) is 8.17. The second-order valence-electron chi connectivity index (χ2n) is 8.17. The Hall–Kier alpha value is -4.43. The molecule has 0 fully saturated rings. The van der Waals surface area contributed by atoms with Gasteiger partial charge in [-0.15, -0.1) is 0 Å². The highest BCUT2D eigenvalue weighted by molar-refractivity contribution is 6.12. The largest absolute Gasteiger partial charge is 0.422 e. The molecule has 0 spiro atoms. The summed E-state index contributed by atoms with van der Waals surface area (Å²) in [5.74, 6) is 0.254. The molecule has 156 valence electrons. The molecule has 1 heterocycles. The second kappa shape index (κ2) is 7.92. The van der Waals surface area contributed by atoms with Crippen LogP contribution in [-0.2, 0) is 9.53 Å². The number of ether oxygens (including phenoxy) is 1. The van der Waals surface area contributed by atoms with Crippen LogP contribution in [0.1, 0.15) is 11.1 Å². The van der Waals surface area contributed by atoms with Crippen LogP contribution in [0.15, 0.2) is 121 Å². The fraction of sp³-hybridized carbons (Fsp3) is 0. The lowest BCUT2D eigenvalue weighted by Crippen LogP contribution is -1.97. The van der Waals surface area contributed by atoms with Gasteiger partial charge >= 0.3 is 5.97 Å². The summed E-state index contributed by atoms with van der Waals surface area (Å²) in [5, 5.41) is 4.53. The third-order valence-corrected chi connectivity index (χ3v) is 6.11. The van der Waals surface area contributed by atoms with E-state index in [9.17, 15) is 4.79 Å². The number of cyclic esters (lactones) is 1. The minimum absolute atomic E-state index is 0.325. The Labute approximate surface area is 192 Å². The van der Waals surface area contributed by atoms with E-state index in [0.717, 1.165) is 43.8 Å². The highest BCUT2D eigenvalue weighted by Crippen LogP contribution is 2.34. The Morgan fingerprint density at radius 3 is 1.79 bits per heavy atom. The zero-order chi connectivity index (χ0) is 22.2. The minimum Gasteiger partial charge on any atom is -0.422 e. The molecule has 0 saturated carbocycles. The monoisotopic (exact) mass is 424 g/mol. The van der Waals surface area contributed by atoms with Crippen molar-refractivity contribution in [1.82, 2.24) is 0 Å². The standard InChI is InChI=1S/C31H20O2/c32-31-26(19-29-27-12-6-4-10-24(27)18-25-11-5-7-13-28(25)29)20-30(33-31)23-16-14-22(15-17-23)21-8-2-1-3-9-21/h1-20H/b26-19-. The summed E-state index contributed by atoms with van der Waals surface area (Å²) >= 11 is 0. The molecule has 0 atom stereocenters. The van der Waals surface area contributed by atoms with Crippen molar-refractivity contribution in [1.29, 1.82) is 0 Å². The Morgan fingerprint density at radius 2 is 1.12 bits per heavy atom. The zero-order valence-corrected chi connectivity index (χ0v) is 17.9. The topological polar surface area (TPSA) is 26.3 Å². The number of benzene rings is 5. The molecule has 0 N–H and O–H groups in total. The van der Waals surface area contributed by atoms with Crippen LogP contribution in [0, 0.1) is 0 Å². The van der Waals surface area contributed by atoms with Crippen LogP contribution in [0.25, 0.3) is 44.5 Å². The molecule has 0 amide bonds. The van der Waals surface area contributed by atoms with Gasteiger partial charge in [0.2, 0.25) is 0 Å². The normalized spacial score (nSPS) is 14.6. The number of esters is 1. The maximum atomic E-state index is 12.8. The van der Waals surface area contributed by atoms with Gasteiger partial charge in [0.05, 0.1) is 5.57 Å². The fourth-order valence-electron chi connectivity index (χ4n) is 4.45. The highest BCUT2D eigenvalue weighted by Gasteiger charge is 2.22. The van der Waals surface area contributed by atoms with Gasteiger partial charge in [-0.3, -0.25) is 0 Å². The van der Waals surface area contributed by atoms with Crippen LogP contribution in [-0.4, -0.2) is 5.97 Å². The molecular weight excluding hydrogens is 404 g/mol. The van der Waals surface area contributed by atoms with Crippen molar-refractivity contribution in [3.05, 3.63) is 132 Å². The average molecular weight is 424 g/mol. The Bertz CT molecular complexity index is 1520. The number of fused-ring (bicyclic) bond motifs is 2. The van der Waals surface area contributed by atoms with Crippen LogP contribution in [0.3, 0.4) is 0 Å². The molecule has 2 heteroatoms. The third kappa shape index (κ3) is 3.52. The van der Waals surface area contributed by atoms with Crippen LogP contribution in [0.4, 0.5) is 0 Å². The maximum absolute atomic E-state index is 12.8. The number of carbonyl (C=O) groups is 1. The lowest BCUT2D eigenvalue weighted by Gasteiger charge is -2.08. The van der Waals surface area contributed by atoms with Crippen molar-refractivity contribution in [3.8, 4) is 11.1 Å². The first-order valence-electron chi connectivity index (χ1n) is 11.0. The molecule has 0 saturated heterocycles. The number of carbonyl (C=O) groups excluding carboxylic acids is 1. The van der Waals surface area contributed by atoms with E-state index >= 15 is 0 Å². The summed E-state index contributed by atoms with van der Waals surface area (Å²) in [7, 11) is 0. The van der Waals surface area contributed by atoms with Crippen molar-refractivity contribution in [2.45, 2.75) is 0 Å².